The van der Waals surface area contributed by atoms with Crippen LogP contribution in [0.15, 0.2) is 42.6 Å². The molecule has 1 aliphatic rings. The van der Waals surface area contributed by atoms with Crippen LogP contribution < -0.4 is 4.90 Å². The fourth-order valence-electron chi connectivity index (χ4n) is 3.35. The van der Waals surface area contributed by atoms with E-state index in [0.29, 0.717) is 6.54 Å². The second kappa shape index (κ2) is 7.11. The van der Waals surface area contributed by atoms with Crippen molar-refractivity contribution in [1.29, 1.82) is 0 Å². The first-order valence-electron chi connectivity index (χ1n) is 8.94. The average molecular weight is 350 g/mol. The molecular weight excluding hydrogens is 328 g/mol. The summed E-state index contributed by atoms with van der Waals surface area (Å²) in [5.41, 5.74) is 3.81. The first kappa shape index (κ1) is 16.5. The molecule has 0 radical (unpaired) electrons. The van der Waals surface area contributed by atoms with Crippen molar-refractivity contribution in [2.24, 2.45) is 0 Å². The van der Waals surface area contributed by atoms with Gasteiger partial charge in [0.2, 0.25) is 5.91 Å². The highest BCUT2D eigenvalue weighted by atomic mass is 16.2. The number of nitrogens with zero attached hydrogens (tertiary/aromatic N) is 6. The van der Waals surface area contributed by atoms with E-state index in [4.69, 9.17) is 0 Å². The van der Waals surface area contributed by atoms with Crippen molar-refractivity contribution in [2.45, 2.75) is 19.9 Å². The maximum atomic E-state index is 12.7. The topological polar surface area (TPSA) is 67.2 Å². The second-order valence-corrected chi connectivity index (χ2v) is 6.60. The summed E-state index contributed by atoms with van der Waals surface area (Å²) < 4.78 is 0. The Labute approximate surface area is 152 Å². The van der Waals surface area contributed by atoms with Crippen LogP contribution in [-0.2, 0) is 11.3 Å². The van der Waals surface area contributed by atoms with Crippen LogP contribution in [0.5, 0.6) is 0 Å². The van der Waals surface area contributed by atoms with E-state index in [-0.39, 0.29) is 12.5 Å². The van der Waals surface area contributed by atoms with Crippen LogP contribution in [0.4, 0.5) is 5.69 Å². The van der Waals surface area contributed by atoms with Gasteiger partial charge in [-0.2, -0.15) is 15.0 Å². The van der Waals surface area contributed by atoms with Crippen molar-refractivity contribution >= 4 is 22.6 Å². The van der Waals surface area contributed by atoms with E-state index in [9.17, 15) is 4.79 Å². The summed E-state index contributed by atoms with van der Waals surface area (Å²) in [4.78, 5) is 22.7. The number of carbonyl (C=O) groups excluding carboxylic acids is 1. The van der Waals surface area contributed by atoms with E-state index in [1.807, 2.05) is 48.4 Å². The lowest BCUT2D eigenvalue weighted by molar-refractivity contribution is -0.132. The smallest absolute Gasteiger partial charge is 0.246 e. The van der Waals surface area contributed by atoms with Crippen LogP contribution in [-0.4, -0.2) is 57.0 Å². The molecule has 3 aromatic rings. The van der Waals surface area contributed by atoms with Gasteiger partial charge in [0.05, 0.1) is 0 Å². The Morgan fingerprint density at radius 2 is 1.81 bits per heavy atom. The highest BCUT2D eigenvalue weighted by molar-refractivity contribution is 5.77. The summed E-state index contributed by atoms with van der Waals surface area (Å²) in [5, 5.41) is 8.77. The van der Waals surface area contributed by atoms with Gasteiger partial charge in [-0.1, -0.05) is 12.1 Å². The molecule has 7 heteroatoms. The van der Waals surface area contributed by atoms with Crippen molar-refractivity contribution in [3.8, 4) is 0 Å². The zero-order chi connectivity index (χ0) is 17.9. The van der Waals surface area contributed by atoms with Gasteiger partial charge in [-0.25, -0.2) is 0 Å². The largest absolute Gasteiger partial charge is 0.370 e. The molecule has 0 unspecified atom stereocenters. The van der Waals surface area contributed by atoms with Gasteiger partial charge in [0, 0.05) is 43.8 Å². The standard InChI is InChI=1S/C19H22N6O/c1-15-13-16(7-8-20-15)23-9-4-10-24(12-11-23)19(26)14-25-21-17-5-2-3-6-18(17)22-25/h2-3,5-8,13H,4,9-12,14H2,1H3. The summed E-state index contributed by atoms with van der Waals surface area (Å²) >= 11 is 0. The van der Waals surface area contributed by atoms with Gasteiger partial charge in [-0.3, -0.25) is 9.78 Å². The van der Waals surface area contributed by atoms with Gasteiger partial charge in [0.1, 0.15) is 17.6 Å². The summed E-state index contributed by atoms with van der Waals surface area (Å²) in [7, 11) is 0. The van der Waals surface area contributed by atoms with Crippen LogP contribution in [0.25, 0.3) is 11.0 Å². The molecule has 2 aromatic heterocycles. The van der Waals surface area contributed by atoms with Crippen LogP contribution in [0, 0.1) is 6.92 Å². The van der Waals surface area contributed by atoms with E-state index >= 15 is 0 Å². The Morgan fingerprint density at radius 1 is 1.04 bits per heavy atom. The van der Waals surface area contributed by atoms with Gasteiger partial charge >= 0.3 is 0 Å². The molecule has 4 rings (SSSR count). The zero-order valence-corrected chi connectivity index (χ0v) is 14.9. The molecule has 1 amide bonds. The van der Waals surface area contributed by atoms with E-state index < -0.39 is 0 Å². The fraction of sp³-hybridized carbons (Fsp3) is 0.368. The number of anilines is 1. The lowest BCUT2D eigenvalue weighted by Gasteiger charge is -2.23. The number of aryl methyl sites for hydroxylation is 1. The van der Waals surface area contributed by atoms with Gasteiger partial charge in [-0.05, 0) is 37.6 Å². The minimum absolute atomic E-state index is 0.0677. The van der Waals surface area contributed by atoms with Gasteiger partial charge in [0.25, 0.3) is 0 Å². The van der Waals surface area contributed by atoms with Crippen LogP contribution in [0.2, 0.25) is 0 Å². The number of hydrogen-bond donors (Lipinski definition) is 0. The Bertz CT molecular complexity index is 888. The second-order valence-electron chi connectivity index (χ2n) is 6.60. The van der Waals surface area contributed by atoms with Gasteiger partial charge < -0.3 is 9.80 Å². The molecule has 0 spiro atoms. The third-order valence-corrected chi connectivity index (χ3v) is 4.70. The van der Waals surface area contributed by atoms with E-state index in [0.717, 1.165) is 42.8 Å². The molecule has 0 aliphatic carbocycles. The molecule has 26 heavy (non-hydrogen) atoms. The number of aromatic nitrogens is 4. The molecule has 1 aromatic carbocycles. The number of amides is 1. The lowest BCUT2D eigenvalue weighted by atomic mass is 10.3. The quantitative estimate of drug-likeness (QED) is 0.721. The third kappa shape index (κ3) is 3.51. The van der Waals surface area contributed by atoms with Gasteiger partial charge in [-0.15, -0.1) is 0 Å². The molecule has 3 heterocycles. The molecular formula is C19H22N6O. The molecule has 1 saturated heterocycles. The SMILES string of the molecule is Cc1cc(N2CCCN(C(=O)Cn3nc4ccccc4n3)CC2)ccn1. The van der Waals surface area contributed by atoms with E-state index in [1.165, 1.54) is 10.5 Å². The Balaban J connectivity index is 1.41. The molecule has 1 fully saturated rings. The normalized spacial score (nSPS) is 15.3. The Kier molecular flexibility index (Phi) is 4.51. The van der Waals surface area contributed by atoms with E-state index in [2.05, 4.69) is 26.1 Å². The maximum Gasteiger partial charge on any atom is 0.246 e. The zero-order valence-electron chi connectivity index (χ0n) is 14.9. The fourth-order valence-corrected chi connectivity index (χ4v) is 3.35. The monoisotopic (exact) mass is 350 g/mol. The number of benzene rings is 1. The molecule has 134 valence electrons. The van der Waals surface area contributed by atoms with Crippen molar-refractivity contribution in [2.75, 3.05) is 31.1 Å². The first-order chi connectivity index (χ1) is 12.7. The minimum atomic E-state index is 0.0677. The number of fused-ring (bicyclic) bond motifs is 1. The maximum absolute atomic E-state index is 12.7. The van der Waals surface area contributed by atoms with Crippen molar-refractivity contribution in [3.63, 3.8) is 0 Å². The molecule has 0 saturated carbocycles. The summed E-state index contributed by atoms with van der Waals surface area (Å²) in [6.45, 7) is 5.42. The van der Waals surface area contributed by atoms with Crippen LogP contribution >= 0.6 is 0 Å². The van der Waals surface area contributed by atoms with Crippen molar-refractivity contribution in [3.05, 3.63) is 48.3 Å². The summed E-state index contributed by atoms with van der Waals surface area (Å²) in [6.07, 6.45) is 2.79. The van der Waals surface area contributed by atoms with Crippen LogP contribution in [0.3, 0.4) is 0 Å². The predicted molar refractivity (Wildman–Crippen MR) is 99.9 cm³/mol. The first-order valence-corrected chi connectivity index (χ1v) is 8.94. The van der Waals surface area contributed by atoms with Crippen LogP contribution in [0.1, 0.15) is 12.1 Å². The molecule has 7 nitrogen and oxygen atoms in total. The van der Waals surface area contributed by atoms with Gasteiger partial charge in [0.15, 0.2) is 0 Å². The number of hydrogen-bond acceptors (Lipinski definition) is 5. The number of rotatable bonds is 3. The van der Waals surface area contributed by atoms with E-state index in [1.54, 1.807) is 0 Å². The molecule has 1 aliphatic heterocycles. The average Bonchev–Trinajstić information content (AvgIpc) is 2.87. The highest BCUT2D eigenvalue weighted by Crippen LogP contribution is 2.17. The minimum Gasteiger partial charge on any atom is -0.370 e. The number of pyridine rings is 1. The number of carbonyl (C=O) groups is 1. The lowest BCUT2D eigenvalue weighted by Crippen LogP contribution is -2.37. The molecule has 0 atom stereocenters. The Morgan fingerprint density at radius 3 is 2.54 bits per heavy atom. The van der Waals surface area contributed by atoms with Crippen molar-refractivity contribution < 1.29 is 4.79 Å². The summed E-state index contributed by atoms with van der Waals surface area (Å²) in [5.74, 6) is 0.0677. The van der Waals surface area contributed by atoms with Crippen molar-refractivity contribution in [1.82, 2.24) is 24.9 Å². The summed E-state index contributed by atoms with van der Waals surface area (Å²) in [6, 6.07) is 11.8. The highest BCUT2D eigenvalue weighted by Gasteiger charge is 2.20. The predicted octanol–water partition coefficient (Wildman–Crippen LogP) is 1.87. The molecule has 0 bridgehead atoms. The third-order valence-electron chi connectivity index (χ3n) is 4.70. The Hall–Kier alpha value is -2.96. The molecule has 0 N–H and O–H groups in total.